The molecule has 1 fully saturated rings. The van der Waals surface area contributed by atoms with E-state index in [0.717, 1.165) is 65.3 Å². The van der Waals surface area contributed by atoms with Crippen molar-refractivity contribution < 1.29 is 0 Å². The number of tetrazole rings is 1. The molecule has 39 heavy (non-hydrogen) atoms. The molecule has 0 radical (unpaired) electrons. The Kier molecular flexibility index (Phi) is 6.47. The van der Waals surface area contributed by atoms with Crippen LogP contribution in [0.1, 0.15) is 55.7 Å². The van der Waals surface area contributed by atoms with Crippen LogP contribution in [0.25, 0.3) is 21.1 Å². The van der Waals surface area contributed by atoms with Crippen molar-refractivity contribution in [2.45, 2.75) is 52.6 Å². The van der Waals surface area contributed by atoms with Crippen molar-refractivity contribution in [1.82, 2.24) is 35.1 Å². The number of nitrogens with zero attached hydrogens (tertiary/aromatic N) is 7. The van der Waals surface area contributed by atoms with Crippen LogP contribution in [0.15, 0.2) is 47.3 Å². The minimum absolute atomic E-state index is 0.0985. The van der Waals surface area contributed by atoms with Crippen molar-refractivity contribution in [3.8, 4) is 0 Å². The van der Waals surface area contributed by atoms with E-state index >= 15 is 0 Å². The zero-order valence-corrected chi connectivity index (χ0v) is 23.9. The van der Waals surface area contributed by atoms with Crippen LogP contribution in [-0.4, -0.2) is 61.3 Å². The highest BCUT2D eigenvalue weighted by Gasteiger charge is 2.36. The topological polar surface area (TPSA) is 95.8 Å². The Balaban J connectivity index is 1.41. The molecule has 9 nitrogen and oxygen atoms in total. The number of nitrogens with one attached hydrogen (secondary N) is 1. The number of anilines is 1. The molecule has 0 aliphatic carbocycles. The van der Waals surface area contributed by atoms with Crippen LogP contribution in [0.4, 0.5) is 5.13 Å². The standard InChI is InChI=1S/C29H34N8OS/c1-6-29(4,5)37-26(32-33-34-37)25(21-17-20-18(2)11-12-19(3)24(20)31-27(21)38)35-13-15-36(16-14-35)28-30-22-9-7-8-10-23(22)39-28/h7-12,17,25H,6,13-16H2,1-5H3,(H,31,38)/t25-/m1/s1. The van der Waals surface area contributed by atoms with Gasteiger partial charge in [0.1, 0.15) is 6.04 Å². The van der Waals surface area contributed by atoms with E-state index in [2.05, 4.69) is 94.4 Å². The number of aromatic nitrogens is 6. The number of thiazole rings is 1. The second-order valence-electron chi connectivity index (χ2n) is 11.0. The van der Waals surface area contributed by atoms with Gasteiger partial charge in [-0.3, -0.25) is 9.69 Å². The van der Waals surface area contributed by atoms with Crippen LogP contribution in [0.5, 0.6) is 0 Å². The van der Waals surface area contributed by atoms with E-state index in [-0.39, 0.29) is 17.1 Å². The van der Waals surface area contributed by atoms with Gasteiger partial charge in [0.05, 0.1) is 21.3 Å². The summed E-state index contributed by atoms with van der Waals surface area (Å²) in [5.41, 5.74) is 4.38. The number of benzene rings is 2. The Bertz CT molecular complexity index is 1680. The van der Waals surface area contributed by atoms with Crippen molar-refractivity contribution in [2.24, 2.45) is 0 Å². The molecule has 3 aromatic heterocycles. The lowest BCUT2D eigenvalue weighted by Crippen LogP contribution is -2.49. The van der Waals surface area contributed by atoms with E-state index in [1.807, 2.05) is 17.7 Å². The largest absolute Gasteiger partial charge is 0.345 e. The number of hydrogen-bond donors (Lipinski definition) is 1. The van der Waals surface area contributed by atoms with Crippen molar-refractivity contribution in [3.63, 3.8) is 0 Å². The quantitative estimate of drug-likeness (QED) is 0.329. The molecule has 1 saturated heterocycles. The number of aromatic amines is 1. The highest BCUT2D eigenvalue weighted by atomic mass is 32.1. The number of H-pyrrole nitrogens is 1. The molecule has 4 heterocycles. The van der Waals surface area contributed by atoms with E-state index in [4.69, 9.17) is 4.98 Å². The zero-order chi connectivity index (χ0) is 27.3. The Morgan fingerprint density at radius 2 is 1.79 bits per heavy atom. The summed E-state index contributed by atoms with van der Waals surface area (Å²) in [6, 6.07) is 14.1. The van der Waals surface area contributed by atoms with Crippen molar-refractivity contribution >= 4 is 37.6 Å². The fourth-order valence-electron chi connectivity index (χ4n) is 5.41. The van der Waals surface area contributed by atoms with Gasteiger partial charge in [0.2, 0.25) is 0 Å². The third-order valence-electron chi connectivity index (χ3n) is 8.18. The van der Waals surface area contributed by atoms with Crippen molar-refractivity contribution in [1.29, 1.82) is 0 Å². The number of hydrogen-bond acceptors (Lipinski definition) is 8. The SMILES string of the molecule is CCC(C)(C)n1nnnc1[C@@H](c1cc2c(C)ccc(C)c2[nH]c1=O)N1CCN(c2nc3ccccc3s2)CC1. The van der Waals surface area contributed by atoms with E-state index in [0.29, 0.717) is 11.4 Å². The number of rotatable bonds is 6. The van der Waals surface area contributed by atoms with Gasteiger partial charge >= 0.3 is 0 Å². The lowest BCUT2D eigenvalue weighted by atomic mass is 9.97. The van der Waals surface area contributed by atoms with Crippen LogP contribution in [-0.2, 0) is 5.54 Å². The summed E-state index contributed by atoms with van der Waals surface area (Å²) in [6.07, 6.45) is 0.857. The maximum atomic E-state index is 13.7. The monoisotopic (exact) mass is 542 g/mol. The van der Waals surface area contributed by atoms with Gasteiger partial charge in [-0.15, -0.1) is 5.10 Å². The van der Waals surface area contributed by atoms with Gasteiger partial charge in [0.15, 0.2) is 11.0 Å². The van der Waals surface area contributed by atoms with Gasteiger partial charge in [0, 0.05) is 37.1 Å². The molecule has 0 amide bonds. The van der Waals surface area contributed by atoms with Crippen molar-refractivity contribution in [3.05, 3.63) is 75.3 Å². The van der Waals surface area contributed by atoms with Crippen LogP contribution in [0, 0.1) is 13.8 Å². The third-order valence-corrected chi connectivity index (χ3v) is 9.27. The predicted molar refractivity (Wildman–Crippen MR) is 157 cm³/mol. The molecule has 2 aromatic carbocycles. The second-order valence-corrected chi connectivity index (χ2v) is 12.1. The summed E-state index contributed by atoms with van der Waals surface area (Å²) < 4.78 is 3.10. The highest BCUT2D eigenvalue weighted by molar-refractivity contribution is 7.22. The normalized spacial score (nSPS) is 15.9. The molecule has 202 valence electrons. The molecule has 5 aromatic rings. The lowest BCUT2D eigenvalue weighted by molar-refractivity contribution is 0.186. The smallest absolute Gasteiger partial charge is 0.253 e. The molecule has 10 heteroatoms. The molecule has 0 saturated carbocycles. The molecule has 0 spiro atoms. The first-order valence-corrected chi connectivity index (χ1v) is 14.3. The minimum Gasteiger partial charge on any atom is -0.345 e. The maximum absolute atomic E-state index is 13.7. The van der Waals surface area contributed by atoms with Gasteiger partial charge in [-0.05, 0) is 73.9 Å². The molecule has 1 N–H and O–H groups in total. The highest BCUT2D eigenvalue weighted by Crippen LogP contribution is 2.34. The molecular formula is C29H34N8OS. The summed E-state index contributed by atoms with van der Waals surface area (Å²) in [5, 5.41) is 15.1. The number of fused-ring (bicyclic) bond motifs is 2. The molecular weight excluding hydrogens is 508 g/mol. The Hall–Kier alpha value is -3.63. The van der Waals surface area contributed by atoms with Gasteiger partial charge < -0.3 is 9.88 Å². The first-order chi connectivity index (χ1) is 18.8. The van der Waals surface area contributed by atoms with E-state index in [1.165, 1.54) is 4.70 Å². The zero-order valence-electron chi connectivity index (χ0n) is 23.1. The molecule has 0 bridgehead atoms. The molecule has 6 rings (SSSR count). The maximum Gasteiger partial charge on any atom is 0.253 e. The third kappa shape index (κ3) is 4.51. The average molecular weight is 543 g/mol. The summed E-state index contributed by atoms with van der Waals surface area (Å²) in [5.74, 6) is 0.699. The Labute approximate surface area is 231 Å². The first-order valence-electron chi connectivity index (χ1n) is 13.5. The van der Waals surface area contributed by atoms with E-state index < -0.39 is 0 Å². The predicted octanol–water partition coefficient (Wildman–Crippen LogP) is 4.80. The van der Waals surface area contributed by atoms with E-state index in [1.54, 1.807) is 11.3 Å². The van der Waals surface area contributed by atoms with Crippen LogP contribution in [0.3, 0.4) is 0 Å². The van der Waals surface area contributed by atoms with Crippen LogP contribution in [0.2, 0.25) is 0 Å². The lowest BCUT2D eigenvalue weighted by Gasteiger charge is -2.39. The average Bonchev–Trinajstić information content (AvgIpc) is 3.60. The van der Waals surface area contributed by atoms with Gasteiger partial charge in [-0.2, -0.15) is 0 Å². The van der Waals surface area contributed by atoms with Gasteiger partial charge in [-0.1, -0.05) is 42.5 Å². The van der Waals surface area contributed by atoms with Crippen LogP contribution < -0.4 is 10.5 Å². The van der Waals surface area contributed by atoms with Crippen molar-refractivity contribution in [2.75, 3.05) is 31.1 Å². The number of aryl methyl sites for hydroxylation is 2. The second kappa shape index (κ2) is 9.84. The summed E-state index contributed by atoms with van der Waals surface area (Å²) >= 11 is 1.73. The fourth-order valence-corrected chi connectivity index (χ4v) is 6.42. The minimum atomic E-state index is -0.378. The van der Waals surface area contributed by atoms with Gasteiger partial charge in [0.25, 0.3) is 5.56 Å². The Morgan fingerprint density at radius 3 is 2.54 bits per heavy atom. The fraction of sp³-hybridized carbons (Fsp3) is 0.414. The number of para-hydroxylation sites is 1. The summed E-state index contributed by atoms with van der Waals surface area (Å²) in [7, 11) is 0. The first kappa shape index (κ1) is 25.6. The Morgan fingerprint density at radius 1 is 1.05 bits per heavy atom. The summed E-state index contributed by atoms with van der Waals surface area (Å²) in [6.45, 7) is 13.6. The summed E-state index contributed by atoms with van der Waals surface area (Å²) in [4.78, 5) is 26.5. The molecule has 1 aliphatic rings. The number of pyridine rings is 1. The molecule has 1 atom stereocenters. The molecule has 1 aliphatic heterocycles. The molecule has 0 unspecified atom stereocenters. The van der Waals surface area contributed by atoms with Gasteiger partial charge in [-0.25, -0.2) is 9.67 Å². The van der Waals surface area contributed by atoms with E-state index in [9.17, 15) is 4.79 Å². The number of piperazine rings is 1. The van der Waals surface area contributed by atoms with Crippen LogP contribution >= 0.6 is 11.3 Å².